The smallest absolute Gasteiger partial charge is 0.267 e. The Morgan fingerprint density at radius 3 is 2.30 bits per heavy atom. The zero-order chi connectivity index (χ0) is 21.3. The molecule has 1 saturated carbocycles. The van der Waals surface area contributed by atoms with Crippen LogP contribution in [-0.2, 0) is 14.6 Å². The van der Waals surface area contributed by atoms with E-state index in [1.54, 1.807) is 30.3 Å². The summed E-state index contributed by atoms with van der Waals surface area (Å²) >= 11 is 5.87. The van der Waals surface area contributed by atoms with Crippen molar-refractivity contribution in [2.24, 2.45) is 0 Å². The van der Waals surface area contributed by atoms with E-state index >= 15 is 0 Å². The molecule has 1 amide bonds. The van der Waals surface area contributed by atoms with Crippen molar-refractivity contribution in [2.45, 2.75) is 54.7 Å². The molecule has 1 aliphatic heterocycles. The predicted molar refractivity (Wildman–Crippen MR) is 116 cm³/mol. The second-order valence-corrected chi connectivity index (χ2v) is 10.5. The summed E-state index contributed by atoms with van der Waals surface area (Å²) in [5.74, 6) is -0.0156. The van der Waals surface area contributed by atoms with Crippen LogP contribution >= 0.6 is 11.6 Å². The molecule has 2 fully saturated rings. The first-order valence-corrected chi connectivity index (χ1v) is 12.0. The van der Waals surface area contributed by atoms with E-state index in [1.165, 1.54) is 6.07 Å². The molecule has 2 aromatic rings. The molecule has 1 atom stereocenters. The molecule has 6 nitrogen and oxygen atoms in total. The van der Waals surface area contributed by atoms with Gasteiger partial charge in [-0.1, -0.05) is 42.7 Å². The van der Waals surface area contributed by atoms with E-state index in [0.717, 1.165) is 18.4 Å². The predicted octanol–water partition coefficient (Wildman–Crippen LogP) is 3.45. The van der Waals surface area contributed by atoms with Gasteiger partial charge in [-0.2, -0.15) is 0 Å². The number of amides is 1. The Hall–Kier alpha value is -2.38. The van der Waals surface area contributed by atoms with Crippen LogP contribution in [0.5, 0.6) is 0 Å². The molecule has 1 saturated heterocycles. The molecule has 30 heavy (non-hydrogen) atoms. The van der Waals surface area contributed by atoms with Gasteiger partial charge in [0.15, 0.2) is 9.84 Å². The lowest BCUT2D eigenvalue weighted by molar-refractivity contribution is -0.119. The first kappa shape index (κ1) is 20.9. The summed E-state index contributed by atoms with van der Waals surface area (Å²) in [6.45, 7) is 0. The van der Waals surface area contributed by atoms with Gasteiger partial charge in [-0.15, -0.1) is 0 Å². The number of rotatable bonds is 5. The zero-order valence-corrected chi connectivity index (χ0v) is 17.9. The number of carbonyl (C=O) groups excluding carboxylic acids is 1. The summed E-state index contributed by atoms with van der Waals surface area (Å²) in [5.41, 5.74) is 1.60. The molecule has 0 unspecified atom stereocenters. The van der Waals surface area contributed by atoms with Crippen molar-refractivity contribution in [3.05, 3.63) is 69.1 Å². The van der Waals surface area contributed by atoms with Gasteiger partial charge < -0.3 is 10.3 Å². The van der Waals surface area contributed by atoms with Gasteiger partial charge in [-0.05, 0) is 49.1 Å². The number of nitrogens with one attached hydrogen (secondary N) is 2. The van der Waals surface area contributed by atoms with E-state index < -0.39 is 15.4 Å². The first-order valence-electron chi connectivity index (χ1n) is 10.1. The fourth-order valence-corrected chi connectivity index (χ4v) is 6.10. The number of hydrogen-bond donors (Lipinski definition) is 2. The minimum Gasteiger partial charge on any atom is -0.350 e. The summed E-state index contributed by atoms with van der Waals surface area (Å²) in [5, 5.41) is 2.68. The third-order valence-electron chi connectivity index (χ3n) is 5.78. The van der Waals surface area contributed by atoms with E-state index in [-0.39, 0.29) is 22.2 Å². The van der Waals surface area contributed by atoms with Crippen LogP contribution in [0.15, 0.2) is 52.2 Å². The van der Waals surface area contributed by atoms with Crippen LogP contribution in [0.25, 0.3) is 5.57 Å². The lowest BCUT2D eigenvalue weighted by Crippen LogP contribution is -2.23. The molecule has 158 valence electrons. The highest BCUT2D eigenvalue weighted by atomic mass is 35.5. The van der Waals surface area contributed by atoms with E-state index in [9.17, 15) is 18.0 Å². The van der Waals surface area contributed by atoms with Crippen LogP contribution in [0.1, 0.15) is 49.8 Å². The number of sulfone groups is 1. The maximum Gasteiger partial charge on any atom is 0.267 e. The first-order chi connectivity index (χ1) is 14.3. The van der Waals surface area contributed by atoms with Gasteiger partial charge in [0.2, 0.25) is 5.91 Å². The summed E-state index contributed by atoms with van der Waals surface area (Å²) in [7, 11) is -3.34. The van der Waals surface area contributed by atoms with Gasteiger partial charge in [0, 0.05) is 23.7 Å². The molecule has 4 rings (SSSR count). The normalized spacial score (nSPS) is 20.5. The van der Waals surface area contributed by atoms with Crippen molar-refractivity contribution in [2.75, 3.05) is 0 Å². The third kappa shape index (κ3) is 4.23. The molecule has 0 radical (unpaired) electrons. The fourth-order valence-electron chi connectivity index (χ4n) is 4.13. The Balaban J connectivity index is 1.71. The second kappa shape index (κ2) is 8.40. The standard InChI is InChI=1S/C22H23ClN2O4S/c23-19-10-11-20(25-22(19)27)18(13-15-7-12-21(26)24-15)14-5-8-17(9-6-14)30(28,29)16-3-1-2-4-16/h5-6,8-11,13,15-16H,1-4,7,12H2,(H,24,26)(H,25,27)/t15-/m1/s1. The van der Waals surface area contributed by atoms with Gasteiger partial charge in [0.1, 0.15) is 5.02 Å². The summed E-state index contributed by atoms with van der Waals surface area (Å²) in [6.07, 6.45) is 6.33. The van der Waals surface area contributed by atoms with E-state index in [0.29, 0.717) is 41.8 Å². The summed E-state index contributed by atoms with van der Waals surface area (Å²) < 4.78 is 25.7. The average Bonchev–Trinajstić information content (AvgIpc) is 3.41. The average molecular weight is 447 g/mol. The quantitative estimate of drug-likeness (QED) is 0.735. The van der Waals surface area contributed by atoms with E-state index in [1.807, 2.05) is 6.08 Å². The van der Waals surface area contributed by atoms with Crippen molar-refractivity contribution in [3.8, 4) is 0 Å². The third-order valence-corrected chi connectivity index (χ3v) is 8.36. The van der Waals surface area contributed by atoms with Gasteiger partial charge in [-0.3, -0.25) is 9.59 Å². The van der Waals surface area contributed by atoms with Gasteiger partial charge in [-0.25, -0.2) is 8.42 Å². The van der Waals surface area contributed by atoms with Crippen LogP contribution in [-0.4, -0.2) is 30.6 Å². The van der Waals surface area contributed by atoms with Crippen molar-refractivity contribution < 1.29 is 13.2 Å². The van der Waals surface area contributed by atoms with Crippen molar-refractivity contribution in [1.82, 2.24) is 10.3 Å². The summed E-state index contributed by atoms with van der Waals surface area (Å²) in [6, 6.07) is 9.81. The largest absolute Gasteiger partial charge is 0.350 e. The monoisotopic (exact) mass is 446 g/mol. The number of aromatic nitrogens is 1. The Kier molecular flexibility index (Phi) is 5.84. The Morgan fingerprint density at radius 1 is 1.00 bits per heavy atom. The maximum absolute atomic E-state index is 12.9. The van der Waals surface area contributed by atoms with Crippen molar-refractivity contribution >= 4 is 32.9 Å². The lowest BCUT2D eigenvalue weighted by atomic mass is 9.99. The number of carbonyl (C=O) groups is 1. The van der Waals surface area contributed by atoms with Crippen LogP contribution < -0.4 is 10.9 Å². The van der Waals surface area contributed by atoms with E-state index in [2.05, 4.69) is 10.3 Å². The number of H-pyrrole nitrogens is 1. The number of halogens is 1. The van der Waals surface area contributed by atoms with E-state index in [4.69, 9.17) is 11.6 Å². The number of pyridine rings is 1. The lowest BCUT2D eigenvalue weighted by Gasteiger charge is -2.14. The van der Waals surface area contributed by atoms with Crippen LogP contribution in [0.2, 0.25) is 5.02 Å². The molecular weight excluding hydrogens is 424 g/mol. The second-order valence-electron chi connectivity index (χ2n) is 7.82. The highest BCUT2D eigenvalue weighted by Crippen LogP contribution is 2.31. The SMILES string of the molecule is O=C1CC[C@H](C=C(c2ccc(S(=O)(=O)C3CCCC3)cc2)c2ccc(Cl)c(=O)[nH]2)N1. The molecule has 0 bridgehead atoms. The molecule has 2 heterocycles. The highest BCUT2D eigenvalue weighted by molar-refractivity contribution is 7.92. The van der Waals surface area contributed by atoms with Crippen molar-refractivity contribution in [1.29, 1.82) is 0 Å². The highest BCUT2D eigenvalue weighted by Gasteiger charge is 2.30. The van der Waals surface area contributed by atoms with Crippen LogP contribution in [0, 0.1) is 0 Å². The van der Waals surface area contributed by atoms with Crippen LogP contribution in [0.4, 0.5) is 0 Å². The molecule has 2 aliphatic rings. The minimum absolute atomic E-state index is 0.0156. The Morgan fingerprint density at radius 2 is 1.70 bits per heavy atom. The summed E-state index contributed by atoms with van der Waals surface area (Å²) in [4.78, 5) is 26.7. The Bertz CT molecular complexity index is 1150. The minimum atomic E-state index is -3.34. The molecule has 1 aliphatic carbocycles. The molecule has 0 spiro atoms. The van der Waals surface area contributed by atoms with Crippen LogP contribution in [0.3, 0.4) is 0 Å². The molecule has 1 aromatic carbocycles. The number of benzene rings is 1. The van der Waals surface area contributed by atoms with Gasteiger partial charge >= 0.3 is 0 Å². The molecule has 2 N–H and O–H groups in total. The van der Waals surface area contributed by atoms with Gasteiger partial charge in [0.25, 0.3) is 5.56 Å². The Labute approximate surface area is 180 Å². The molecule has 8 heteroatoms. The zero-order valence-electron chi connectivity index (χ0n) is 16.4. The fraction of sp³-hybridized carbons (Fsp3) is 0.364. The number of aromatic amines is 1. The maximum atomic E-state index is 12.9. The molecular formula is C22H23ClN2O4S. The number of hydrogen-bond acceptors (Lipinski definition) is 4. The topological polar surface area (TPSA) is 96.1 Å². The molecule has 1 aromatic heterocycles. The van der Waals surface area contributed by atoms with Crippen molar-refractivity contribution in [3.63, 3.8) is 0 Å². The van der Waals surface area contributed by atoms with Gasteiger partial charge in [0.05, 0.1) is 10.1 Å².